The third-order valence-electron chi connectivity index (χ3n) is 5.06. The van der Waals surface area contributed by atoms with E-state index in [4.69, 9.17) is 4.74 Å². The molecule has 2 aromatic rings. The second kappa shape index (κ2) is 10.0. The lowest BCUT2D eigenvalue weighted by molar-refractivity contribution is -0.120. The first kappa shape index (κ1) is 21.5. The first-order valence-corrected chi connectivity index (χ1v) is 11.4. The van der Waals surface area contributed by atoms with E-state index in [2.05, 4.69) is 5.32 Å². The van der Waals surface area contributed by atoms with E-state index in [0.717, 1.165) is 36.0 Å². The molecule has 7 heteroatoms. The van der Waals surface area contributed by atoms with Crippen molar-refractivity contribution in [2.75, 3.05) is 20.2 Å². The standard InChI is InChI=1S/C22H28N2O4S/c1-28-17-20-7-5-19(6-8-20)16-23-22(25)15-18-9-11-21(12-10-18)29(26,27)24-13-3-2-4-14-24/h5-12H,2-4,13-17H2,1H3,(H,23,25). The predicted octanol–water partition coefficient (Wildman–Crippen LogP) is 2.87. The van der Waals surface area contributed by atoms with Gasteiger partial charge in [0.15, 0.2) is 0 Å². The number of piperidine rings is 1. The monoisotopic (exact) mass is 416 g/mol. The van der Waals surface area contributed by atoms with Crippen LogP contribution in [0.1, 0.15) is 36.0 Å². The summed E-state index contributed by atoms with van der Waals surface area (Å²) in [7, 11) is -1.78. The maximum Gasteiger partial charge on any atom is 0.243 e. The van der Waals surface area contributed by atoms with Crippen LogP contribution in [-0.2, 0) is 39.1 Å². The Labute approximate surface area is 172 Å². The number of hydrogen-bond acceptors (Lipinski definition) is 4. The molecule has 1 aliphatic rings. The highest BCUT2D eigenvalue weighted by atomic mass is 32.2. The minimum Gasteiger partial charge on any atom is -0.380 e. The molecular formula is C22H28N2O4S. The molecule has 1 fully saturated rings. The van der Waals surface area contributed by atoms with Crippen molar-refractivity contribution >= 4 is 15.9 Å². The minimum absolute atomic E-state index is 0.0994. The Morgan fingerprint density at radius 2 is 1.52 bits per heavy atom. The second-order valence-electron chi connectivity index (χ2n) is 7.31. The number of amides is 1. The maximum absolute atomic E-state index is 12.7. The molecule has 0 aromatic heterocycles. The van der Waals surface area contributed by atoms with E-state index in [9.17, 15) is 13.2 Å². The van der Waals surface area contributed by atoms with Crippen LogP contribution in [0.15, 0.2) is 53.4 Å². The summed E-state index contributed by atoms with van der Waals surface area (Å²) in [6.45, 7) is 2.18. The molecule has 1 N–H and O–H groups in total. The van der Waals surface area contributed by atoms with Gasteiger partial charge in [0.25, 0.3) is 0 Å². The lowest BCUT2D eigenvalue weighted by atomic mass is 10.1. The molecule has 3 rings (SSSR count). The van der Waals surface area contributed by atoms with Crippen molar-refractivity contribution in [1.29, 1.82) is 0 Å². The highest BCUT2D eigenvalue weighted by molar-refractivity contribution is 7.89. The number of carbonyl (C=O) groups is 1. The first-order chi connectivity index (χ1) is 14.0. The predicted molar refractivity (Wildman–Crippen MR) is 112 cm³/mol. The normalized spacial score (nSPS) is 15.2. The van der Waals surface area contributed by atoms with Gasteiger partial charge in [-0.05, 0) is 41.7 Å². The lowest BCUT2D eigenvalue weighted by Crippen LogP contribution is -2.35. The maximum atomic E-state index is 12.7. The summed E-state index contributed by atoms with van der Waals surface area (Å²) in [5.74, 6) is -0.0994. The van der Waals surface area contributed by atoms with Gasteiger partial charge in [-0.2, -0.15) is 4.31 Å². The molecule has 0 atom stereocenters. The van der Waals surface area contributed by atoms with Gasteiger partial charge in [0.1, 0.15) is 0 Å². The van der Waals surface area contributed by atoms with Crippen molar-refractivity contribution < 1.29 is 17.9 Å². The minimum atomic E-state index is -3.44. The van der Waals surface area contributed by atoms with Gasteiger partial charge in [0, 0.05) is 26.7 Å². The molecule has 29 heavy (non-hydrogen) atoms. The van der Waals surface area contributed by atoms with E-state index < -0.39 is 10.0 Å². The SMILES string of the molecule is COCc1ccc(CNC(=O)Cc2ccc(S(=O)(=O)N3CCCCC3)cc2)cc1. The van der Waals surface area contributed by atoms with Crippen LogP contribution in [-0.4, -0.2) is 38.8 Å². The average Bonchev–Trinajstić information content (AvgIpc) is 2.74. The smallest absolute Gasteiger partial charge is 0.243 e. The van der Waals surface area contributed by atoms with Crippen LogP contribution < -0.4 is 5.32 Å². The Kier molecular flexibility index (Phi) is 7.41. The number of nitrogens with one attached hydrogen (secondary N) is 1. The second-order valence-corrected chi connectivity index (χ2v) is 9.25. The summed E-state index contributed by atoms with van der Waals surface area (Å²) in [4.78, 5) is 12.5. The van der Waals surface area contributed by atoms with Crippen molar-refractivity contribution in [3.05, 3.63) is 65.2 Å². The van der Waals surface area contributed by atoms with Crippen molar-refractivity contribution in [1.82, 2.24) is 9.62 Å². The topological polar surface area (TPSA) is 75.7 Å². The van der Waals surface area contributed by atoms with Crippen molar-refractivity contribution in [3.8, 4) is 0 Å². The Hall–Kier alpha value is -2.22. The van der Waals surface area contributed by atoms with Crippen molar-refractivity contribution in [2.45, 2.75) is 43.7 Å². The summed E-state index contributed by atoms with van der Waals surface area (Å²) in [6.07, 6.45) is 3.11. The van der Waals surface area contributed by atoms with Crippen LogP contribution in [0, 0.1) is 0 Å². The number of benzene rings is 2. The van der Waals surface area contributed by atoms with Crippen LogP contribution in [0.3, 0.4) is 0 Å². The number of nitrogens with zero attached hydrogens (tertiary/aromatic N) is 1. The summed E-state index contributed by atoms with van der Waals surface area (Å²) in [5, 5.41) is 2.90. The molecule has 1 heterocycles. The molecule has 0 bridgehead atoms. The van der Waals surface area contributed by atoms with Gasteiger partial charge < -0.3 is 10.1 Å². The van der Waals surface area contributed by atoms with E-state index in [1.165, 1.54) is 0 Å². The molecule has 0 aliphatic carbocycles. The Morgan fingerprint density at radius 3 is 2.14 bits per heavy atom. The number of rotatable bonds is 8. The first-order valence-electron chi connectivity index (χ1n) is 9.91. The summed E-state index contributed by atoms with van der Waals surface area (Å²) in [6, 6.07) is 14.5. The van der Waals surface area contributed by atoms with Gasteiger partial charge in [-0.15, -0.1) is 0 Å². The molecular weight excluding hydrogens is 388 g/mol. The largest absolute Gasteiger partial charge is 0.380 e. The van der Waals surface area contributed by atoms with Crippen molar-refractivity contribution in [3.63, 3.8) is 0 Å². The Morgan fingerprint density at radius 1 is 0.931 bits per heavy atom. The fourth-order valence-corrected chi connectivity index (χ4v) is 4.92. The van der Waals surface area contributed by atoms with Gasteiger partial charge in [0.2, 0.25) is 15.9 Å². The molecule has 2 aromatic carbocycles. The van der Waals surface area contributed by atoms with Crippen LogP contribution in [0.25, 0.3) is 0 Å². The molecule has 0 unspecified atom stereocenters. The number of carbonyl (C=O) groups excluding carboxylic acids is 1. The number of ether oxygens (including phenoxy) is 1. The van der Waals surface area contributed by atoms with E-state index >= 15 is 0 Å². The third-order valence-corrected chi connectivity index (χ3v) is 6.98. The highest BCUT2D eigenvalue weighted by Gasteiger charge is 2.25. The Balaban J connectivity index is 1.53. The lowest BCUT2D eigenvalue weighted by Gasteiger charge is -2.25. The van der Waals surface area contributed by atoms with Crippen molar-refractivity contribution in [2.24, 2.45) is 0 Å². The fourth-order valence-electron chi connectivity index (χ4n) is 3.40. The Bertz CT molecular complexity index is 903. The zero-order valence-electron chi connectivity index (χ0n) is 16.8. The van der Waals surface area contributed by atoms with Gasteiger partial charge >= 0.3 is 0 Å². The van der Waals surface area contributed by atoms with E-state index in [-0.39, 0.29) is 12.3 Å². The third kappa shape index (κ3) is 5.88. The molecule has 156 valence electrons. The zero-order chi connectivity index (χ0) is 20.7. The van der Waals surface area contributed by atoms with E-state index in [0.29, 0.717) is 31.1 Å². The van der Waals surface area contributed by atoms with E-state index in [1.54, 1.807) is 35.7 Å². The summed E-state index contributed by atoms with van der Waals surface area (Å²) < 4.78 is 32.0. The molecule has 6 nitrogen and oxygen atoms in total. The van der Waals surface area contributed by atoms with Gasteiger partial charge in [-0.3, -0.25) is 4.79 Å². The molecule has 0 radical (unpaired) electrons. The van der Waals surface area contributed by atoms with E-state index in [1.807, 2.05) is 24.3 Å². The number of methoxy groups -OCH3 is 1. The van der Waals surface area contributed by atoms with Gasteiger partial charge in [-0.1, -0.05) is 42.8 Å². The molecule has 1 amide bonds. The molecule has 1 saturated heterocycles. The summed E-state index contributed by atoms with van der Waals surface area (Å²) in [5.41, 5.74) is 2.89. The van der Waals surface area contributed by atoms with Crippen LogP contribution in [0.5, 0.6) is 0 Å². The van der Waals surface area contributed by atoms with Crippen LogP contribution >= 0.6 is 0 Å². The zero-order valence-corrected chi connectivity index (χ0v) is 17.6. The fraction of sp³-hybridized carbons (Fsp3) is 0.409. The van der Waals surface area contributed by atoms with Gasteiger partial charge in [0.05, 0.1) is 17.9 Å². The molecule has 0 saturated carbocycles. The van der Waals surface area contributed by atoms with Crippen LogP contribution in [0.4, 0.5) is 0 Å². The summed E-state index contributed by atoms with van der Waals surface area (Å²) >= 11 is 0. The molecule has 0 spiro atoms. The van der Waals surface area contributed by atoms with Crippen LogP contribution in [0.2, 0.25) is 0 Å². The van der Waals surface area contributed by atoms with Gasteiger partial charge in [-0.25, -0.2) is 8.42 Å². The highest BCUT2D eigenvalue weighted by Crippen LogP contribution is 2.21. The average molecular weight is 417 g/mol. The number of sulfonamides is 1. The molecule has 1 aliphatic heterocycles. The quantitative estimate of drug-likeness (QED) is 0.718. The number of hydrogen-bond donors (Lipinski definition) is 1.